The van der Waals surface area contributed by atoms with E-state index >= 15 is 0 Å². The molecule has 48 heavy (non-hydrogen) atoms. The standard InChI is InChI=1S/C30H24N6O9S3/c31-29-33-19(14-48-29)30(28(43)44,17-6-1-7-18(37)23(17)39)45-32-12-20(38)34-21-24(40)36-22(27(41)42)16(13-47-26(21)36)5-3-10-35-9-2-4-15-8-11-46-25(15)35/h1-9,11-12,14,21,26H,10,13H2,(H6-,31,32,33,34,37,38,39,41,42,43,44)/p+1. The Kier molecular flexibility index (Phi) is 8.78. The minimum atomic E-state index is -2.63. The van der Waals surface area contributed by atoms with Crippen molar-refractivity contribution in [2.75, 3.05) is 11.5 Å². The number of carbonyl (C=O) groups excluding carboxylic acids is 2. The Bertz CT molecular complexity index is 2060. The van der Waals surface area contributed by atoms with E-state index in [1.54, 1.807) is 17.4 Å². The van der Waals surface area contributed by atoms with E-state index in [4.69, 9.17) is 10.6 Å². The third-order valence-corrected chi connectivity index (χ3v) is 10.5. The summed E-state index contributed by atoms with van der Waals surface area (Å²) in [4.78, 5) is 62.3. The molecule has 0 saturated carbocycles. The maximum Gasteiger partial charge on any atom is 0.362 e. The SMILES string of the molecule is Nc1nc(C(ON=CC(=O)NC2C(=O)N3C(C(=O)O)=C(C=CC[n+]4cccc5ccsc54)CSC23)(C(=O)O)c2cccc(O)c2O)cs1. The Morgan fingerprint density at radius 1 is 1.19 bits per heavy atom. The van der Waals surface area contributed by atoms with Crippen LogP contribution >= 0.6 is 34.4 Å². The van der Waals surface area contributed by atoms with Gasteiger partial charge in [0.25, 0.3) is 16.6 Å². The molecule has 3 atom stereocenters. The molecular weight excluding hydrogens is 685 g/mol. The first-order valence-corrected chi connectivity index (χ1v) is 16.8. The minimum absolute atomic E-state index is 0.0260. The average Bonchev–Trinajstić information content (AvgIpc) is 3.73. The maximum absolute atomic E-state index is 13.1. The molecule has 0 spiro atoms. The highest BCUT2D eigenvalue weighted by Gasteiger charge is 2.54. The van der Waals surface area contributed by atoms with Crippen molar-refractivity contribution in [2.45, 2.75) is 23.6 Å². The summed E-state index contributed by atoms with van der Waals surface area (Å²) in [6.45, 7) is 0.487. The number of carboxylic acids is 2. The number of nitrogen functional groups attached to an aromatic ring is 1. The zero-order valence-corrected chi connectivity index (χ0v) is 26.9. The molecular formula is C30H25N6O9S3+. The number of nitrogens with two attached hydrogens (primary N) is 1. The molecule has 6 rings (SSSR count). The summed E-state index contributed by atoms with van der Waals surface area (Å²) < 4.78 is 2.03. The summed E-state index contributed by atoms with van der Waals surface area (Å²) >= 11 is 3.74. The number of aliphatic carboxylic acids is 2. The molecule has 1 saturated heterocycles. The zero-order chi connectivity index (χ0) is 34.2. The number of thiophene rings is 1. The van der Waals surface area contributed by atoms with E-state index in [-0.39, 0.29) is 22.3 Å². The number of hydrogen-bond acceptors (Lipinski definition) is 13. The number of β-lactam (4-membered cyclic amide) rings is 1. The van der Waals surface area contributed by atoms with Crippen LogP contribution in [0.4, 0.5) is 5.13 Å². The number of fused-ring (bicyclic) bond motifs is 2. The van der Waals surface area contributed by atoms with Crippen LogP contribution in [0.1, 0.15) is 11.3 Å². The van der Waals surface area contributed by atoms with Crippen molar-refractivity contribution in [3.8, 4) is 11.5 Å². The molecule has 15 nitrogen and oxygen atoms in total. The number of amides is 2. The monoisotopic (exact) mass is 709 g/mol. The number of rotatable bonds is 11. The third kappa shape index (κ3) is 5.69. The smallest absolute Gasteiger partial charge is 0.362 e. The first-order chi connectivity index (χ1) is 23.0. The average molecular weight is 710 g/mol. The highest BCUT2D eigenvalue weighted by atomic mass is 32.2. The van der Waals surface area contributed by atoms with E-state index in [1.807, 2.05) is 40.4 Å². The molecule has 1 fully saturated rings. The first-order valence-electron chi connectivity index (χ1n) is 13.9. The molecule has 3 aromatic heterocycles. The van der Waals surface area contributed by atoms with Crippen molar-refractivity contribution in [1.82, 2.24) is 15.2 Å². The number of allylic oxidation sites excluding steroid dienone is 2. The lowest BCUT2D eigenvalue weighted by Gasteiger charge is -2.49. The van der Waals surface area contributed by atoms with Gasteiger partial charge in [0.05, 0.1) is 10.9 Å². The number of aromatic hydroxyl groups is 2. The van der Waals surface area contributed by atoms with Gasteiger partial charge in [-0.15, -0.1) is 23.1 Å². The summed E-state index contributed by atoms with van der Waals surface area (Å²) in [5, 5.41) is 50.3. The van der Waals surface area contributed by atoms with Crippen molar-refractivity contribution in [2.24, 2.45) is 5.16 Å². The second-order valence-corrected chi connectivity index (χ2v) is 13.3. The number of hydrogen-bond donors (Lipinski definition) is 6. The van der Waals surface area contributed by atoms with E-state index in [2.05, 4.69) is 15.5 Å². The van der Waals surface area contributed by atoms with Gasteiger partial charge in [0, 0.05) is 17.2 Å². The van der Waals surface area contributed by atoms with E-state index < -0.39 is 57.8 Å². The number of aromatic nitrogens is 2. The summed E-state index contributed by atoms with van der Waals surface area (Å²) in [5.41, 5.74) is 2.60. The number of benzene rings is 1. The number of anilines is 1. The normalized spacial score (nSPS) is 18.9. The van der Waals surface area contributed by atoms with Gasteiger partial charge in [-0.1, -0.05) is 28.6 Å². The zero-order valence-electron chi connectivity index (χ0n) is 24.4. The number of carboxylic acid groups (broad SMARTS) is 2. The fourth-order valence-electron chi connectivity index (χ4n) is 5.32. The van der Waals surface area contributed by atoms with Gasteiger partial charge in [-0.05, 0) is 41.3 Å². The fourth-order valence-corrected chi connectivity index (χ4v) is 8.13. The molecule has 246 valence electrons. The molecule has 0 bridgehead atoms. The number of nitrogens with zero attached hydrogens (tertiary/aromatic N) is 4. The van der Waals surface area contributed by atoms with Crippen molar-refractivity contribution in [1.29, 1.82) is 0 Å². The van der Waals surface area contributed by atoms with Gasteiger partial charge in [-0.2, -0.15) is 4.57 Å². The number of para-hydroxylation sites is 1. The quantitative estimate of drug-likeness (QED) is 0.0432. The topological polar surface area (TPSA) is 229 Å². The molecule has 18 heteroatoms. The molecule has 7 N–H and O–H groups in total. The Labute approximate surface area is 282 Å². The first kappa shape index (κ1) is 32.5. The van der Waals surface area contributed by atoms with Gasteiger partial charge < -0.3 is 36.3 Å². The number of pyridine rings is 1. The number of phenols is 2. The summed E-state index contributed by atoms with van der Waals surface area (Å²) in [5.74, 6) is -5.80. The van der Waals surface area contributed by atoms with Gasteiger partial charge in [0.2, 0.25) is 0 Å². The largest absolute Gasteiger partial charge is 0.504 e. The van der Waals surface area contributed by atoms with Crippen molar-refractivity contribution in [3.63, 3.8) is 0 Å². The van der Waals surface area contributed by atoms with Gasteiger partial charge in [-0.25, -0.2) is 14.6 Å². The molecule has 0 aliphatic carbocycles. The van der Waals surface area contributed by atoms with Gasteiger partial charge >= 0.3 is 17.5 Å². The van der Waals surface area contributed by atoms with E-state index in [0.717, 1.165) is 38.6 Å². The van der Waals surface area contributed by atoms with Crippen LogP contribution in [-0.4, -0.2) is 77.4 Å². The van der Waals surface area contributed by atoms with Crippen LogP contribution in [0.5, 0.6) is 11.5 Å². The predicted octanol–water partition coefficient (Wildman–Crippen LogP) is 1.96. The molecule has 2 aliphatic heterocycles. The van der Waals surface area contributed by atoms with E-state index in [9.17, 15) is 39.6 Å². The Hall–Kier alpha value is -5.46. The summed E-state index contributed by atoms with van der Waals surface area (Å²) in [6.07, 6.45) is 6.02. The van der Waals surface area contributed by atoms with Crippen molar-refractivity contribution < 1.29 is 49.0 Å². The molecule has 2 amide bonds. The number of thiazole rings is 1. The van der Waals surface area contributed by atoms with Crippen LogP contribution in [-0.2, 0) is 36.2 Å². The maximum atomic E-state index is 13.1. The molecule has 5 heterocycles. The highest BCUT2D eigenvalue weighted by Crippen LogP contribution is 2.43. The van der Waals surface area contributed by atoms with E-state index in [1.165, 1.54) is 23.2 Å². The van der Waals surface area contributed by atoms with Crippen LogP contribution in [0.3, 0.4) is 0 Å². The number of phenolic OH excluding ortho intramolecular Hbond substituents is 2. The number of thioether (sulfide) groups is 1. The summed E-state index contributed by atoms with van der Waals surface area (Å²) in [7, 11) is 0. The van der Waals surface area contributed by atoms with Crippen molar-refractivity contribution in [3.05, 3.63) is 88.0 Å². The number of carbonyl (C=O) groups is 4. The molecule has 2 aliphatic rings. The van der Waals surface area contributed by atoms with Crippen LogP contribution in [0.2, 0.25) is 0 Å². The molecule has 1 aromatic carbocycles. The van der Waals surface area contributed by atoms with Crippen LogP contribution in [0.25, 0.3) is 10.2 Å². The second-order valence-electron chi connectivity index (χ2n) is 10.4. The summed E-state index contributed by atoms with van der Waals surface area (Å²) in [6, 6.07) is 8.39. The minimum Gasteiger partial charge on any atom is -0.504 e. The lowest BCUT2D eigenvalue weighted by atomic mass is 9.90. The van der Waals surface area contributed by atoms with E-state index in [0.29, 0.717) is 18.3 Å². The fraction of sp³-hybridized carbons (Fsp3) is 0.167. The van der Waals surface area contributed by atoms with Gasteiger partial charge in [0.15, 0.2) is 29.4 Å². The lowest BCUT2D eigenvalue weighted by Crippen LogP contribution is -2.70. The van der Waals surface area contributed by atoms with Gasteiger partial charge in [-0.3, -0.25) is 14.5 Å². The second kappa shape index (κ2) is 13.0. The Morgan fingerprint density at radius 2 is 2.00 bits per heavy atom. The van der Waals surface area contributed by atoms with Crippen LogP contribution in [0, 0.1) is 0 Å². The molecule has 3 unspecified atom stereocenters. The predicted molar refractivity (Wildman–Crippen MR) is 175 cm³/mol. The van der Waals surface area contributed by atoms with Gasteiger partial charge in [0.1, 0.15) is 29.0 Å². The van der Waals surface area contributed by atoms with Crippen molar-refractivity contribution >= 4 is 79.8 Å². The Balaban J connectivity index is 1.17. The Morgan fingerprint density at radius 3 is 2.73 bits per heavy atom. The number of oxime groups is 1. The molecule has 4 aromatic rings. The number of nitrogens with one attached hydrogen (secondary N) is 1. The lowest BCUT2D eigenvalue weighted by molar-refractivity contribution is -0.658. The third-order valence-electron chi connectivity index (χ3n) is 7.53. The van der Waals surface area contributed by atoms with Crippen LogP contribution in [0.15, 0.2) is 81.9 Å². The highest BCUT2D eigenvalue weighted by molar-refractivity contribution is 8.00. The molecule has 0 radical (unpaired) electrons. The van der Waals surface area contributed by atoms with Crippen LogP contribution < -0.4 is 15.6 Å².